The van der Waals surface area contributed by atoms with Crippen LogP contribution in [0.1, 0.15) is 6.92 Å². The number of fused-ring (bicyclic) bond motifs is 6. The molecule has 222 valence electrons. The van der Waals surface area contributed by atoms with E-state index in [9.17, 15) is 0 Å². The van der Waals surface area contributed by atoms with Crippen molar-refractivity contribution in [2.75, 3.05) is 0 Å². The van der Waals surface area contributed by atoms with Crippen LogP contribution in [0.15, 0.2) is 158 Å². The molecule has 0 saturated heterocycles. The predicted octanol–water partition coefficient (Wildman–Crippen LogP) is 10.2. The van der Waals surface area contributed by atoms with E-state index < -0.39 is 0 Å². The molecule has 4 nitrogen and oxygen atoms in total. The van der Waals surface area contributed by atoms with Gasteiger partial charge in [0, 0.05) is 38.9 Å². The molecule has 0 atom stereocenters. The molecule has 0 aliphatic rings. The minimum absolute atomic E-state index is 0.896. The van der Waals surface area contributed by atoms with Gasteiger partial charge in [0.15, 0.2) is 5.69 Å². The van der Waals surface area contributed by atoms with Crippen LogP contribution >= 0.6 is 0 Å². The third-order valence-electron chi connectivity index (χ3n) is 9.25. The topological polar surface area (TPSA) is 34.1 Å². The van der Waals surface area contributed by atoms with Crippen LogP contribution < -0.4 is 4.57 Å². The van der Waals surface area contributed by atoms with Gasteiger partial charge in [0.05, 0.1) is 35.2 Å². The van der Waals surface area contributed by atoms with Crippen molar-refractivity contribution in [3.8, 4) is 44.9 Å². The van der Waals surface area contributed by atoms with E-state index in [0.717, 1.165) is 56.3 Å². The van der Waals surface area contributed by atoms with Crippen LogP contribution in [0.5, 0.6) is 0 Å². The summed E-state index contributed by atoms with van der Waals surface area (Å²) in [6, 6.07) is 51.5. The summed E-state index contributed by atoms with van der Waals surface area (Å²) in [5.41, 5.74) is 12.0. The molecule has 47 heavy (non-hydrogen) atoms. The fourth-order valence-electron chi connectivity index (χ4n) is 6.99. The van der Waals surface area contributed by atoms with Crippen LogP contribution in [0.2, 0.25) is 0 Å². The van der Waals surface area contributed by atoms with Gasteiger partial charge in [0.2, 0.25) is 0 Å². The van der Waals surface area contributed by atoms with Crippen molar-refractivity contribution >= 4 is 38.2 Å². The van der Waals surface area contributed by atoms with Gasteiger partial charge < -0.3 is 0 Å². The van der Waals surface area contributed by atoms with Crippen molar-refractivity contribution in [3.63, 3.8) is 0 Å². The normalized spacial score (nSPS) is 11.6. The Morgan fingerprint density at radius 1 is 0.532 bits per heavy atom. The number of hydrogen-bond acceptors (Lipinski definition) is 2. The molecule has 0 aliphatic heterocycles. The fraction of sp³-hybridized carbons (Fsp3) is 0.0465. The SMILES string of the molecule is CC[n+]1c(-c2cccc(-c3ccc4nc(-c5ccccc5)c5c6ccc(-c7ccccc7)nc6ccc5c4c3)c2)cn2ccccc21. The van der Waals surface area contributed by atoms with Gasteiger partial charge in [-0.15, -0.1) is 0 Å². The molecule has 9 aromatic rings. The number of nitrogens with zero attached hydrogens (tertiary/aromatic N) is 4. The first kappa shape index (κ1) is 27.2. The molecule has 4 heteroatoms. The lowest BCUT2D eigenvalue weighted by molar-refractivity contribution is -0.656. The second kappa shape index (κ2) is 11.0. The third-order valence-corrected chi connectivity index (χ3v) is 9.25. The van der Waals surface area contributed by atoms with Crippen LogP contribution in [0.4, 0.5) is 0 Å². The first-order valence-corrected chi connectivity index (χ1v) is 16.1. The Bertz CT molecular complexity index is 2600. The Kier molecular flexibility index (Phi) is 6.39. The number of aryl methyl sites for hydroxylation is 1. The van der Waals surface area contributed by atoms with Gasteiger partial charge in [-0.1, -0.05) is 97.1 Å². The maximum atomic E-state index is 5.32. The molecule has 0 aliphatic carbocycles. The Balaban J connectivity index is 1.24. The predicted molar refractivity (Wildman–Crippen MR) is 193 cm³/mol. The highest BCUT2D eigenvalue weighted by Gasteiger charge is 2.19. The Morgan fingerprint density at radius 3 is 2.04 bits per heavy atom. The highest BCUT2D eigenvalue weighted by atomic mass is 15.1. The number of benzene rings is 5. The van der Waals surface area contributed by atoms with Crippen molar-refractivity contribution in [3.05, 3.63) is 158 Å². The third kappa shape index (κ3) is 4.57. The summed E-state index contributed by atoms with van der Waals surface area (Å²) in [4.78, 5) is 10.4. The van der Waals surface area contributed by atoms with E-state index in [1.807, 2.05) is 6.07 Å². The minimum atomic E-state index is 0.896. The molecule has 0 bridgehead atoms. The van der Waals surface area contributed by atoms with E-state index >= 15 is 0 Å². The Labute approximate surface area is 272 Å². The second-order valence-electron chi connectivity index (χ2n) is 12.0. The molecule has 4 heterocycles. The van der Waals surface area contributed by atoms with Crippen LogP contribution in [0, 0.1) is 0 Å². The first-order chi connectivity index (χ1) is 23.2. The number of imidazole rings is 1. The summed E-state index contributed by atoms with van der Waals surface area (Å²) < 4.78 is 4.57. The second-order valence-corrected chi connectivity index (χ2v) is 12.0. The van der Waals surface area contributed by atoms with E-state index in [0.29, 0.717) is 0 Å². The van der Waals surface area contributed by atoms with E-state index in [1.54, 1.807) is 0 Å². The van der Waals surface area contributed by atoms with Crippen LogP contribution in [0.3, 0.4) is 0 Å². The average Bonchev–Trinajstić information content (AvgIpc) is 3.53. The summed E-state index contributed by atoms with van der Waals surface area (Å²) in [5.74, 6) is 0. The number of hydrogen-bond donors (Lipinski definition) is 0. The van der Waals surface area contributed by atoms with Gasteiger partial charge in [0.1, 0.15) is 6.20 Å². The van der Waals surface area contributed by atoms with Gasteiger partial charge in [-0.2, -0.15) is 0 Å². The molecular formula is C43H31N4+. The molecule has 0 unspecified atom stereocenters. The van der Waals surface area contributed by atoms with Crippen molar-refractivity contribution < 1.29 is 4.57 Å². The molecule has 0 spiro atoms. The van der Waals surface area contributed by atoms with E-state index in [4.69, 9.17) is 9.97 Å². The number of rotatable bonds is 5. The Hall–Kier alpha value is -6.13. The molecule has 0 saturated carbocycles. The summed E-state index contributed by atoms with van der Waals surface area (Å²) >= 11 is 0. The zero-order chi connectivity index (χ0) is 31.3. The molecule has 5 aromatic carbocycles. The largest absolute Gasteiger partial charge is 0.286 e. The maximum absolute atomic E-state index is 5.32. The van der Waals surface area contributed by atoms with Gasteiger partial charge in [0.25, 0.3) is 5.65 Å². The van der Waals surface area contributed by atoms with Crippen LogP contribution in [-0.4, -0.2) is 14.4 Å². The highest BCUT2D eigenvalue weighted by molar-refractivity contribution is 6.21. The molecule has 0 radical (unpaired) electrons. The van der Waals surface area contributed by atoms with E-state index in [1.165, 1.54) is 33.4 Å². The maximum Gasteiger partial charge on any atom is 0.286 e. The van der Waals surface area contributed by atoms with Crippen LogP contribution in [0.25, 0.3) is 83.1 Å². The lowest BCUT2D eigenvalue weighted by Crippen LogP contribution is -2.33. The fourth-order valence-corrected chi connectivity index (χ4v) is 6.99. The summed E-state index contributed by atoms with van der Waals surface area (Å²) in [6.45, 7) is 3.10. The molecule has 0 fully saturated rings. The minimum Gasteiger partial charge on any atom is -0.248 e. The molecule has 0 amide bonds. The number of aromatic nitrogens is 4. The summed E-state index contributed by atoms with van der Waals surface area (Å²) in [6.07, 6.45) is 4.34. The summed E-state index contributed by atoms with van der Waals surface area (Å²) in [5, 5.41) is 4.54. The van der Waals surface area contributed by atoms with Gasteiger partial charge in [-0.05, 0) is 65.9 Å². The summed E-state index contributed by atoms with van der Waals surface area (Å²) in [7, 11) is 0. The van der Waals surface area contributed by atoms with E-state index in [-0.39, 0.29) is 0 Å². The zero-order valence-corrected chi connectivity index (χ0v) is 26.0. The molecule has 0 N–H and O–H groups in total. The lowest BCUT2D eigenvalue weighted by atomic mass is 9.94. The van der Waals surface area contributed by atoms with Crippen molar-refractivity contribution in [1.82, 2.24) is 14.4 Å². The molecular weight excluding hydrogens is 573 g/mol. The molecule has 4 aromatic heterocycles. The standard InChI is InChI=1S/C43H31N4/c1-2-47-40(28-46-25-10-9-18-41(46)47)33-17-11-16-31(26-33)32-19-22-39-36(27-32)34-20-24-38-35(21-23-37(44-38)29-12-5-3-6-13-29)42(34)43(45-39)30-14-7-4-8-15-30/h3-28H,2H2,1H3/q+1. The van der Waals surface area contributed by atoms with Gasteiger partial charge in [-0.25, -0.2) is 18.9 Å². The van der Waals surface area contributed by atoms with Crippen molar-refractivity contribution in [2.45, 2.75) is 13.5 Å². The number of pyridine rings is 3. The van der Waals surface area contributed by atoms with Crippen LogP contribution in [-0.2, 0) is 6.54 Å². The van der Waals surface area contributed by atoms with Crippen molar-refractivity contribution in [2.24, 2.45) is 0 Å². The van der Waals surface area contributed by atoms with Gasteiger partial charge >= 0.3 is 0 Å². The molecule has 9 rings (SSSR count). The zero-order valence-electron chi connectivity index (χ0n) is 26.0. The quantitative estimate of drug-likeness (QED) is 0.145. The first-order valence-electron chi connectivity index (χ1n) is 16.1. The average molecular weight is 604 g/mol. The van der Waals surface area contributed by atoms with Gasteiger partial charge in [-0.3, -0.25) is 0 Å². The monoisotopic (exact) mass is 603 g/mol. The van der Waals surface area contributed by atoms with Crippen molar-refractivity contribution in [1.29, 1.82) is 0 Å². The highest BCUT2D eigenvalue weighted by Crippen LogP contribution is 2.39. The smallest absolute Gasteiger partial charge is 0.248 e. The Morgan fingerprint density at radius 2 is 1.21 bits per heavy atom. The van der Waals surface area contributed by atoms with E-state index in [2.05, 4.69) is 168 Å². The lowest BCUT2D eigenvalue weighted by Gasteiger charge is -2.14.